The van der Waals surface area contributed by atoms with Gasteiger partial charge in [-0.2, -0.15) is 0 Å². The Morgan fingerprint density at radius 1 is 1.17 bits per heavy atom. The standard InChI is InChI=1S/C15H22O3/c1-11(2)17-15-10-13(8-9-14(15)16)18-12-6-4-3-5-7-12/h8-12,16H,3-7H2,1-2H3. The highest BCUT2D eigenvalue weighted by molar-refractivity contribution is 5.44. The molecule has 0 aromatic heterocycles. The summed E-state index contributed by atoms with van der Waals surface area (Å²) in [5, 5.41) is 9.71. The second-order valence-electron chi connectivity index (χ2n) is 5.17. The Balaban J connectivity index is 2.03. The number of phenols is 1. The summed E-state index contributed by atoms with van der Waals surface area (Å²) in [6.07, 6.45) is 6.42. The minimum Gasteiger partial charge on any atom is -0.504 e. The maximum Gasteiger partial charge on any atom is 0.164 e. The molecule has 0 saturated heterocycles. The summed E-state index contributed by atoms with van der Waals surface area (Å²) in [5.74, 6) is 1.45. The summed E-state index contributed by atoms with van der Waals surface area (Å²) >= 11 is 0. The monoisotopic (exact) mass is 250 g/mol. The number of aromatic hydroxyl groups is 1. The molecule has 100 valence electrons. The second-order valence-corrected chi connectivity index (χ2v) is 5.17. The third kappa shape index (κ3) is 3.56. The fourth-order valence-corrected chi connectivity index (χ4v) is 2.29. The second kappa shape index (κ2) is 5.98. The minimum absolute atomic E-state index is 0.0424. The van der Waals surface area contributed by atoms with Crippen LogP contribution < -0.4 is 9.47 Å². The number of ether oxygens (including phenoxy) is 2. The highest BCUT2D eigenvalue weighted by Crippen LogP contribution is 2.32. The normalized spacial score (nSPS) is 16.8. The van der Waals surface area contributed by atoms with Gasteiger partial charge in [-0.25, -0.2) is 0 Å². The number of rotatable bonds is 4. The Morgan fingerprint density at radius 2 is 1.89 bits per heavy atom. The van der Waals surface area contributed by atoms with E-state index < -0.39 is 0 Å². The average molecular weight is 250 g/mol. The van der Waals surface area contributed by atoms with Gasteiger partial charge in [0.25, 0.3) is 0 Å². The molecule has 0 spiro atoms. The van der Waals surface area contributed by atoms with E-state index in [1.54, 1.807) is 18.2 Å². The Kier molecular flexibility index (Phi) is 4.34. The lowest BCUT2D eigenvalue weighted by atomic mass is 9.98. The molecule has 1 aromatic rings. The molecule has 1 fully saturated rings. The lowest BCUT2D eigenvalue weighted by Crippen LogP contribution is -2.19. The van der Waals surface area contributed by atoms with Crippen LogP contribution in [-0.2, 0) is 0 Å². The molecule has 0 atom stereocenters. The van der Waals surface area contributed by atoms with E-state index in [0.717, 1.165) is 18.6 Å². The Morgan fingerprint density at radius 3 is 2.56 bits per heavy atom. The van der Waals surface area contributed by atoms with Crippen LogP contribution in [0.3, 0.4) is 0 Å². The fraction of sp³-hybridized carbons (Fsp3) is 0.600. The molecule has 0 aliphatic heterocycles. The van der Waals surface area contributed by atoms with Crippen LogP contribution in [0.25, 0.3) is 0 Å². The highest BCUT2D eigenvalue weighted by atomic mass is 16.5. The van der Waals surface area contributed by atoms with E-state index in [0.29, 0.717) is 11.9 Å². The van der Waals surface area contributed by atoms with Gasteiger partial charge in [0.2, 0.25) is 0 Å². The average Bonchev–Trinajstić information content (AvgIpc) is 2.34. The predicted octanol–water partition coefficient (Wildman–Crippen LogP) is 3.89. The molecule has 0 bridgehead atoms. The maximum absolute atomic E-state index is 9.71. The van der Waals surface area contributed by atoms with Crippen LogP contribution in [0.4, 0.5) is 0 Å². The molecule has 2 rings (SSSR count). The molecule has 0 unspecified atom stereocenters. The van der Waals surface area contributed by atoms with Crippen LogP contribution in [0, 0.1) is 0 Å². The summed E-state index contributed by atoms with van der Waals surface area (Å²) in [5.41, 5.74) is 0. The van der Waals surface area contributed by atoms with E-state index in [4.69, 9.17) is 9.47 Å². The van der Waals surface area contributed by atoms with E-state index in [-0.39, 0.29) is 11.9 Å². The van der Waals surface area contributed by atoms with E-state index >= 15 is 0 Å². The molecule has 1 aromatic carbocycles. The number of hydrogen-bond donors (Lipinski definition) is 1. The van der Waals surface area contributed by atoms with Gasteiger partial charge in [0.05, 0.1) is 12.2 Å². The van der Waals surface area contributed by atoms with Crippen LogP contribution >= 0.6 is 0 Å². The number of benzene rings is 1. The largest absolute Gasteiger partial charge is 0.504 e. The first-order valence-electron chi connectivity index (χ1n) is 6.81. The van der Waals surface area contributed by atoms with Crippen LogP contribution in [0.1, 0.15) is 46.0 Å². The molecule has 1 N–H and O–H groups in total. The molecular weight excluding hydrogens is 228 g/mol. The third-order valence-electron chi connectivity index (χ3n) is 3.15. The van der Waals surface area contributed by atoms with E-state index in [9.17, 15) is 5.11 Å². The smallest absolute Gasteiger partial charge is 0.164 e. The van der Waals surface area contributed by atoms with Crippen LogP contribution in [0.2, 0.25) is 0 Å². The predicted molar refractivity (Wildman–Crippen MR) is 71.4 cm³/mol. The molecule has 1 aliphatic carbocycles. The van der Waals surface area contributed by atoms with Crippen molar-refractivity contribution in [2.24, 2.45) is 0 Å². The Hall–Kier alpha value is -1.38. The van der Waals surface area contributed by atoms with Crippen molar-refractivity contribution in [3.63, 3.8) is 0 Å². The van der Waals surface area contributed by atoms with E-state index in [2.05, 4.69) is 0 Å². The van der Waals surface area contributed by atoms with Crippen molar-refractivity contribution in [1.29, 1.82) is 0 Å². The van der Waals surface area contributed by atoms with Crippen LogP contribution in [-0.4, -0.2) is 17.3 Å². The number of hydrogen-bond acceptors (Lipinski definition) is 3. The first kappa shape index (κ1) is 13.1. The zero-order valence-electron chi connectivity index (χ0n) is 11.2. The quantitative estimate of drug-likeness (QED) is 0.881. The summed E-state index contributed by atoms with van der Waals surface area (Å²) < 4.78 is 11.5. The van der Waals surface area contributed by atoms with Crippen molar-refractivity contribution in [3.05, 3.63) is 18.2 Å². The van der Waals surface area contributed by atoms with Gasteiger partial charge in [-0.15, -0.1) is 0 Å². The van der Waals surface area contributed by atoms with Crippen molar-refractivity contribution in [2.75, 3.05) is 0 Å². The first-order chi connectivity index (χ1) is 8.65. The van der Waals surface area contributed by atoms with Crippen molar-refractivity contribution in [1.82, 2.24) is 0 Å². The summed E-state index contributed by atoms with van der Waals surface area (Å²) in [6.45, 7) is 3.88. The van der Waals surface area contributed by atoms with Gasteiger partial charge in [-0.3, -0.25) is 0 Å². The molecule has 1 aliphatic rings. The van der Waals surface area contributed by atoms with Crippen LogP contribution in [0.5, 0.6) is 17.2 Å². The molecule has 18 heavy (non-hydrogen) atoms. The van der Waals surface area contributed by atoms with Gasteiger partial charge >= 0.3 is 0 Å². The zero-order chi connectivity index (χ0) is 13.0. The van der Waals surface area contributed by atoms with E-state index in [1.165, 1.54) is 19.3 Å². The molecule has 3 heteroatoms. The van der Waals surface area contributed by atoms with Gasteiger partial charge in [0.15, 0.2) is 11.5 Å². The molecule has 3 nitrogen and oxygen atoms in total. The molecule has 0 amide bonds. The van der Waals surface area contributed by atoms with Gasteiger partial charge in [0.1, 0.15) is 5.75 Å². The maximum atomic E-state index is 9.71. The van der Waals surface area contributed by atoms with Crippen molar-refractivity contribution in [2.45, 2.75) is 58.2 Å². The summed E-state index contributed by atoms with van der Waals surface area (Å²) in [4.78, 5) is 0. The van der Waals surface area contributed by atoms with Crippen molar-refractivity contribution >= 4 is 0 Å². The minimum atomic E-state index is 0.0424. The lowest BCUT2D eigenvalue weighted by Gasteiger charge is -2.23. The Bertz CT molecular complexity index is 381. The third-order valence-corrected chi connectivity index (χ3v) is 3.15. The molecular formula is C15H22O3. The Labute approximate surface area is 109 Å². The van der Waals surface area contributed by atoms with E-state index in [1.807, 2.05) is 13.8 Å². The number of phenolic OH excluding ortho intramolecular Hbond substituents is 1. The SMILES string of the molecule is CC(C)Oc1cc(OC2CCCCC2)ccc1O. The zero-order valence-corrected chi connectivity index (χ0v) is 11.2. The lowest BCUT2D eigenvalue weighted by molar-refractivity contribution is 0.153. The van der Waals surface area contributed by atoms with Gasteiger partial charge in [-0.1, -0.05) is 6.42 Å². The topological polar surface area (TPSA) is 38.7 Å². The molecule has 0 heterocycles. The van der Waals surface area contributed by atoms with Gasteiger partial charge in [-0.05, 0) is 51.7 Å². The first-order valence-corrected chi connectivity index (χ1v) is 6.81. The summed E-state index contributed by atoms with van der Waals surface area (Å²) in [6, 6.07) is 5.22. The van der Waals surface area contributed by atoms with Gasteiger partial charge in [0, 0.05) is 6.07 Å². The molecule has 1 saturated carbocycles. The van der Waals surface area contributed by atoms with Crippen LogP contribution in [0.15, 0.2) is 18.2 Å². The van der Waals surface area contributed by atoms with Gasteiger partial charge < -0.3 is 14.6 Å². The summed E-state index contributed by atoms with van der Waals surface area (Å²) in [7, 11) is 0. The van der Waals surface area contributed by atoms with Crippen molar-refractivity contribution < 1.29 is 14.6 Å². The van der Waals surface area contributed by atoms with Crippen molar-refractivity contribution in [3.8, 4) is 17.2 Å². The fourth-order valence-electron chi connectivity index (χ4n) is 2.29. The molecule has 0 radical (unpaired) electrons. The highest BCUT2D eigenvalue weighted by Gasteiger charge is 2.16.